The highest BCUT2D eigenvalue weighted by atomic mass is 16.3. The SMILES string of the molecule is c1ccc2c(c1)ccc1ccc(-c3c4ccccc4c(-c4cc5c(oc6ccc7ccccc7c65)c5ccccc45)c4ccccc34)cc12. The van der Waals surface area contributed by atoms with Crippen LogP contribution in [0.15, 0.2) is 174 Å². The first-order valence-corrected chi connectivity index (χ1v) is 16.9. The Balaban J connectivity index is 1.29. The molecule has 226 valence electrons. The summed E-state index contributed by atoms with van der Waals surface area (Å²) in [4.78, 5) is 0. The van der Waals surface area contributed by atoms with Crippen LogP contribution in [0.4, 0.5) is 0 Å². The minimum Gasteiger partial charge on any atom is -0.455 e. The van der Waals surface area contributed by atoms with E-state index in [-0.39, 0.29) is 0 Å². The van der Waals surface area contributed by atoms with E-state index in [4.69, 9.17) is 4.42 Å². The van der Waals surface area contributed by atoms with Gasteiger partial charge in [0.25, 0.3) is 0 Å². The van der Waals surface area contributed by atoms with Crippen molar-refractivity contribution in [2.75, 3.05) is 0 Å². The maximum absolute atomic E-state index is 6.68. The largest absolute Gasteiger partial charge is 0.455 e. The van der Waals surface area contributed by atoms with E-state index in [0.717, 1.165) is 21.9 Å². The van der Waals surface area contributed by atoms with E-state index >= 15 is 0 Å². The fraction of sp³-hybridized carbons (Fsp3) is 0. The number of hydrogen-bond acceptors (Lipinski definition) is 1. The van der Waals surface area contributed by atoms with Crippen molar-refractivity contribution in [2.45, 2.75) is 0 Å². The third kappa shape index (κ3) is 3.76. The Morgan fingerprint density at radius 2 is 0.796 bits per heavy atom. The Labute approximate surface area is 282 Å². The molecule has 0 aliphatic heterocycles. The van der Waals surface area contributed by atoms with Gasteiger partial charge in [-0.1, -0.05) is 152 Å². The van der Waals surface area contributed by atoms with Crippen LogP contribution in [0.5, 0.6) is 0 Å². The average molecular weight is 621 g/mol. The molecule has 0 radical (unpaired) electrons. The van der Waals surface area contributed by atoms with Gasteiger partial charge in [0.2, 0.25) is 0 Å². The second kappa shape index (κ2) is 10.0. The molecule has 0 saturated carbocycles. The molecule has 10 aromatic carbocycles. The molecule has 1 heterocycles. The molecule has 1 heteroatoms. The number of hydrogen-bond donors (Lipinski definition) is 0. The summed E-state index contributed by atoms with van der Waals surface area (Å²) >= 11 is 0. The fourth-order valence-electron chi connectivity index (χ4n) is 8.46. The highest BCUT2D eigenvalue weighted by molar-refractivity contribution is 6.29. The van der Waals surface area contributed by atoms with E-state index in [1.54, 1.807) is 0 Å². The number of benzene rings is 10. The van der Waals surface area contributed by atoms with Crippen molar-refractivity contribution < 1.29 is 4.42 Å². The molecule has 0 N–H and O–H groups in total. The summed E-state index contributed by atoms with van der Waals surface area (Å²) in [6.45, 7) is 0. The highest BCUT2D eigenvalue weighted by Crippen LogP contribution is 2.48. The van der Waals surface area contributed by atoms with Gasteiger partial charge >= 0.3 is 0 Å². The number of furan rings is 1. The Morgan fingerprint density at radius 3 is 1.49 bits per heavy atom. The zero-order chi connectivity index (χ0) is 32.1. The van der Waals surface area contributed by atoms with Gasteiger partial charge in [-0.2, -0.15) is 0 Å². The summed E-state index contributed by atoms with van der Waals surface area (Å²) in [5, 5.41) is 17.2. The molecular weight excluding hydrogens is 593 g/mol. The molecule has 11 aromatic rings. The van der Waals surface area contributed by atoms with E-state index in [1.807, 2.05) is 0 Å². The molecule has 0 unspecified atom stereocenters. The second-order valence-electron chi connectivity index (χ2n) is 13.2. The number of fused-ring (bicyclic) bond motifs is 12. The molecule has 0 fully saturated rings. The van der Waals surface area contributed by atoms with E-state index in [0.29, 0.717) is 0 Å². The molecule has 1 nitrogen and oxygen atoms in total. The maximum atomic E-state index is 6.68. The summed E-state index contributed by atoms with van der Waals surface area (Å²) in [5.74, 6) is 0. The molecule has 0 aliphatic carbocycles. The van der Waals surface area contributed by atoms with Gasteiger partial charge in [-0.15, -0.1) is 0 Å². The quantitative estimate of drug-likeness (QED) is 0.138. The molecule has 1 aromatic heterocycles. The molecular formula is C48H28O. The first kappa shape index (κ1) is 26.6. The lowest BCUT2D eigenvalue weighted by atomic mass is 9.83. The summed E-state index contributed by atoms with van der Waals surface area (Å²) in [5.41, 5.74) is 6.85. The van der Waals surface area contributed by atoms with Crippen LogP contribution in [-0.4, -0.2) is 0 Å². The van der Waals surface area contributed by atoms with Crippen LogP contribution in [0, 0.1) is 0 Å². The monoisotopic (exact) mass is 620 g/mol. The van der Waals surface area contributed by atoms with Crippen LogP contribution in [0.2, 0.25) is 0 Å². The standard InChI is InChI=1S/C48H28O/c1-3-13-33-29(11-1)21-22-31-23-24-32(27-41(31)33)45-36-16-6-8-18-38(36)46(39-19-9-7-17-37(39)45)42-28-43-47-34-14-4-2-12-30(34)25-26-44(47)49-48(43)40-20-10-5-15-35(40)42/h1-28H. The average Bonchev–Trinajstić information content (AvgIpc) is 3.56. The molecule has 0 aliphatic rings. The van der Waals surface area contributed by atoms with Crippen molar-refractivity contribution in [3.8, 4) is 22.3 Å². The lowest BCUT2D eigenvalue weighted by Crippen LogP contribution is -1.92. The van der Waals surface area contributed by atoms with Gasteiger partial charge in [0.05, 0.1) is 0 Å². The van der Waals surface area contributed by atoms with Gasteiger partial charge < -0.3 is 4.42 Å². The van der Waals surface area contributed by atoms with Crippen molar-refractivity contribution >= 4 is 86.6 Å². The Hall–Kier alpha value is -6.44. The van der Waals surface area contributed by atoms with Crippen LogP contribution >= 0.6 is 0 Å². The number of rotatable bonds is 2. The van der Waals surface area contributed by atoms with Crippen molar-refractivity contribution in [3.63, 3.8) is 0 Å². The lowest BCUT2D eigenvalue weighted by molar-refractivity contribution is 0.673. The van der Waals surface area contributed by atoms with E-state index in [9.17, 15) is 0 Å². The van der Waals surface area contributed by atoms with Crippen LogP contribution < -0.4 is 0 Å². The predicted molar refractivity (Wildman–Crippen MR) is 210 cm³/mol. The van der Waals surface area contributed by atoms with Crippen molar-refractivity contribution in [3.05, 3.63) is 170 Å². The van der Waals surface area contributed by atoms with Gasteiger partial charge in [0.15, 0.2) is 0 Å². The first-order chi connectivity index (χ1) is 24.3. The van der Waals surface area contributed by atoms with E-state index in [1.165, 1.54) is 86.9 Å². The molecule has 0 amide bonds. The first-order valence-electron chi connectivity index (χ1n) is 16.9. The van der Waals surface area contributed by atoms with Crippen molar-refractivity contribution in [1.29, 1.82) is 0 Å². The van der Waals surface area contributed by atoms with Crippen molar-refractivity contribution in [1.82, 2.24) is 0 Å². The Kier molecular flexibility index (Phi) is 5.45. The fourth-order valence-corrected chi connectivity index (χ4v) is 8.46. The predicted octanol–water partition coefficient (Wildman–Crippen LogP) is 13.8. The molecule has 11 rings (SSSR count). The molecule has 0 spiro atoms. The summed E-state index contributed by atoms with van der Waals surface area (Å²) < 4.78 is 6.68. The summed E-state index contributed by atoms with van der Waals surface area (Å²) in [6, 6.07) is 62.1. The maximum Gasteiger partial charge on any atom is 0.143 e. The summed E-state index contributed by atoms with van der Waals surface area (Å²) in [7, 11) is 0. The Bertz CT molecular complexity index is 3100. The van der Waals surface area contributed by atoms with Crippen LogP contribution in [0.1, 0.15) is 0 Å². The topological polar surface area (TPSA) is 13.1 Å². The third-order valence-corrected chi connectivity index (χ3v) is 10.6. The van der Waals surface area contributed by atoms with Gasteiger partial charge in [0, 0.05) is 16.2 Å². The van der Waals surface area contributed by atoms with Crippen molar-refractivity contribution in [2.24, 2.45) is 0 Å². The highest BCUT2D eigenvalue weighted by Gasteiger charge is 2.21. The van der Waals surface area contributed by atoms with Gasteiger partial charge in [0.1, 0.15) is 11.2 Å². The van der Waals surface area contributed by atoms with Gasteiger partial charge in [-0.3, -0.25) is 0 Å². The van der Waals surface area contributed by atoms with Gasteiger partial charge in [-0.25, -0.2) is 0 Å². The minimum absolute atomic E-state index is 0.921. The van der Waals surface area contributed by atoms with Crippen LogP contribution in [0.25, 0.3) is 109 Å². The minimum atomic E-state index is 0.921. The smallest absolute Gasteiger partial charge is 0.143 e. The lowest BCUT2D eigenvalue weighted by Gasteiger charge is -2.19. The zero-order valence-electron chi connectivity index (χ0n) is 26.6. The zero-order valence-corrected chi connectivity index (χ0v) is 26.6. The van der Waals surface area contributed by atoms with Gasteiger partial charge in [-0.05, 0) is 99.7 Å². The van der Waals surface area contributed by atoms with E-state index in [2.05, 4.69) is 170 Å². The van der Waals surface area contributed by atoms with E-state index < -0.39 is 0 Å². The van der Waals surface area contributed by atoms with Crippen LogP contribution in [0.3, 0.4) is 0 Å². The Morgan fingerprint density at radius 1 is 0.306 bits per heavy atom. The summed E-state index contributed by atoms with van der Waals surface area (Å²) in [6.07, 6.45) is 0. The third-order valence-electron chi connectivity index (χ3n) is 10.6. The molecule has 0 saturated heterocycles. The normalized spacial score (nSPS) is 12.1. The van der Waals surface area contributed by atoms with Crippen LogP contribution in [-0.2, 0) is 0 Å². The second-order valence-corrected chi connectivity index (χ2v) is 13.2. The molecule has 49 heavy (non-hydrogen) atoms. The molecule has 0 atom stereocenters. The molecule has 0 bridgehead atoms.